The molecule has 1 aromatic rings. The van der Waals surface area contributed by atoms with Crippen LogP contribution >= 0.6 is 11.8 Å². The SMILES string of the molecule is CSC[C@@H](C)N1CCC(Cc2ccccc2)CC1. The molecule has 0 unspecified atom stereocenters. The molecule has 1 atom stereocenters. The number of thioether (sulfide) groups is 1. The Balaban J connectivity index is 1.77. The topological polar surface area (TPSA) is 3.24 Å². The van der Waals surface area contributed by atoms with Gasteiger partial charge < -0.3 is 0 Å². The lowest BCUT2D eigenvalue weighted by Crippen LogP contribution is -2.41. The van der Waals surface area contributed by atoms with E-state index >= 15 is 0 Å². The average molecular weight is 263 g/mol. The molecule has 0 aliphatic carbocycles. The van der Waals surface area contributed by atoms with Crippen LogP contribution in [-0.2, 0) is 6.42 Å². The zero-order valence-corrected chi connectivity index (χ0v) is 12.5. The predicted molar refractivity (Wildman–Crippen MR) is 82.3 cm³/mol. The van der Waals surface area contributed by atoms with Crippen LogP contribution in [0.2, 0.25) is 0 Å². The highest BCUT2D eigenvalue weighted by molar-refractivity contribution is 7.98. The van der Waals surface area contributed by atoms with Gasteiger partial charge in [-0.2, -0.15) is 11.8 Å². The normalized spacial score (nSPS) is 19.9. The lowest BCUT2D eigenvalue weighted by Gasteiger charge is -2.36. The van der Waals surface area contributed by atoms with E-state index in [1.165, 1.54) is 43.7 Å². The highest BCUT2D eigenvalue weighted by Gasteiger charge is 2.22. The molecule has 0 bridgehead atoms. The fraction of sp³-hybridized carbons (Fsp3) is 0.625. The Hall–Kier alpha value is -0.470. The van der Waals surface area contributed by atoms with E-state index in [4.69, 9.17) is 0 Å². The number of hydrogen-bond donors (Lipinski definition) is 0. The third-order valence-corrected chi connectivity index (χ3v) is 4.86. The number of hydrogen-bond acceptors (Lipinski definition) is 2. The fourth-order valence-electron chi connectivity index (χ4n) is 2.89. The van der Waals surface area contributed by atoms with Crippen molar-refractivity contribution >= 4 is 11.8 Å². The van der Waals surface area contributed by atoms with Crippen LogP contribution in [0, 0.1) is 5.92 Å². The number of nitrogens with zero attached hydrogens (tertiary/aromatic N) is 1. The van der Waals surface area contributed by atoms with Gasteiger partial charge in [-0.3, -0.25) is 4.90 Å². The van der Waals surface area contributed by atoms with Crippen molar-refractivity contribution < 1.29 is 0 Å². The van der Waals surface area contributed by atoms with Gasteiger partial charge in [-0.25, -0.2) is 0 Å². The van der Waals surface area contributed by atoms with Gasteiger partial charge >= 0.3 is 0 Å². The van der Waals surface area contributed by atoms with Crippen LogP contribution < -0.4 is 0 Å². The van der Waals surface area contributed by atoms with E-state index in [0.717, 1.165) is 12.0 Å². The third kappa shape index (κ3) is 4.03. The van der Waals surface area contributed by atoms with E-state index in [-0.39, 0.29) is 0 Å². The fourth-order valence-corrected chi connectivity index (χ4v) is 3.59. The summed E-state index contributed by atoms with van der Waals surface area (Å²) in [7, 11) is 0. The van der Waals surface area contributed by atoms with E-state index in [2.05, 4.69) is 48.4 Å². The molecule has 0 amide bonds. The summed E-state index contributed by atoms with van der Waals surface area (Å²) in [5.74, 6) is 2.16. The van der Waals surface area contributed by atoms with Crippen molar-refractivity contribution in [3.63, 3.8) is 0 Å². The molecular formula is C16H25NS. The van der Waals surface area contributed by atoms with Crippen LogP contribution in [0.3, 0.4) is 0 Å². The Morgan fingerprint density at radius 2 is 1.89 bits per heavy atom. The first-order valence-electron chi connectivity index (χ1n) is 7.06. The highest BCUT2D eigenvalue weighted by atomic mass is 32.2. The molecule has 100 valence electrons. The monoisotopic (exact) mass is 263 g/mol. The Bertz CT molecular complexity index is 330. The molecule has 0 saturated carbocycles. The Morgan fingerprint density at radius 1 is 1.22 bits per heavy atom. The second kappa shape index (κ2) is 7.20. The minimum Gasteiger partial charge on any atom is -0.300 e. The quantitative estimate of drug-likeness (QED) is 0.797. The second-order valence-electron chi connectivity index (χ2n) is 5.47. The molecule has 1 heterocycles. The molecule has 0 spiro atoms. The van der Waals surface area contributed by atoms with E-state index < -0.39 is 0 Å². The summed E-state index contributed by atoms with van der Waals surface area (Å²) in [6.45, 7) is 4.95. The zero-order valence-electron chi connectivity index (χ0n) is 11.6. The van der Waals surface area contributed by atoms with Crippen molar-refractivity contribution in [3.05, 3.63) is 35.9 Å². The maximum Gasteiger partial charge on any atom is 0.0157 e. The van der Waals surface area contributed by atoms with Crippen molar-refractivity contribution in [3.8, 4) is 0 Å². The summed E-state index contributed by atoms with van der Waals surface area (Å²) in [6, 6.07) is 11.7. The molecule has 1 nitrogen and oxygen atoms in total. The molecule has 0 radical (unpaired) electrons. The van der Waals surface area contributed by atoms with Gasteiger partial charge in [0, 0.05) is 11.8 Å². The van der Waals surface area contributed by atoms with Gasteiger partial charge in [-0.1, -0.05) is 30.3 Å². The van der Waals surface area contributed by atoms with Crippen molar-refractivity contribution in [2.24, 2.45) is 5.92 Å². The van der Waals surface area contributed by atoms with E-state index in [1.807, 2.05) is 11.8 Å². The maximum atomic E-state index is 2.66. The van der Waals surface area contributed by atoms with Crippen molar-refractivity contribution in [2.45, 2.75) is 32.2 Å². The highest BCUT2D eigenvalue weighted by Crippen LogP contribution is 2.23. The first-order valence-corrected chi connectivity index (χ1v) is 8.46. The van der Waals surface area contributed by atoms with Gasteiger partial charge in [0.2, 0.25) is 0 Å². The van der Waals surface area contributed by atoms with Crippen molar-refractivity contribution in [1.29, 1.82) is 0 Å². The molecule has 2 rings (SSSR count). The van der Waals surface area contributed by atoms with Gasteiger partial charge in [0.1, 0.15) is 0 Å². The number of benzene rings is 1. The summed E-state index contributed by atoms with van der Waals surface area (Å²) in [4.78, 5) is 2.66. The summed E-state index contributed by atoms with van der Waals surface area (Å²) < 4.78 is 0. The summed E-state index contributed by atoms with van der Waals surface area (Å²) in [5, 5.41) is 0. The van der Waals surface area contributed by atoms with Gasteiger partial charge in [-0.05, 0) is 57.0 Å². The van der Waals surface area contributed by atoms with Crippen molar-refractivity contribution in [2.75, 3.05) is 25.1 Å². The van der Waals surface area contributed by atoms with Crippen LogP contribution in [0.5, 0.6) is 0 Å². The van der Waals surface area contributed by atoms with Gasteiger partial charge in [-0.15, -0.1) is 0 Å². The second-order valence-corrected chi connectivity index (χ2v) is 6.38. The molecule has 1 aliphatic rings. The maximum absolute atomic E-state index is 2.66. The smallest absolute Gasteiger partial charge is 0.0157 e. The lowest BCUT2D eigenvalue weighted by molar-refractivity contribution is 0.151. The van der Waals surface area contributed by atoms with E-state index in [9.17, 15) is 0 Å². The van der Waals surface area contributed by atoms with Crippen LogP contribution in [0.4, 0.5) is 0 Å². The van der Waals surface area contributed by atoms with Crippen molar-refractivity contribution in [1.82, 2.24) is 4.90 Å². The number of rotatable bonds is 5. The number of piperidine rings is 1. The third-order valence-electron chi connectivity index (χ3n) is 4.05. The standard InChI is InChI=1S/C16H25NS/c1-14(13-18-2)17-10-8-16(9-11-17)12-15-6-4-3-5-7-15/h3-7,14,16H,8-13H2,1-2H3/t14-/m1/s1. The molecule has 0 N–H and O–H groups in total. The largest absolute Gasteiger partial charge is 0.300 e. The van der Waals surface area contributed by atoms with Gasteiger partial charge in [0.15, 0.2) is 0 Å². The Labute approximate surface area is 116 Å². The van der Waals surface area contributed by atoms with Gasteiger partial charge in [0.25, 0.3) is 0 Å². The molecule has 1 aliphatic heterocycles. The van der Waals surface area contributed by atoms with E-state index in [0.29, 0.717) is 0 Å². The first-order chi connectivity index (χ1) is 8.79. The average Bonchev–Trinajstić information content (AvgIpc) is 2.41. The molecule has 1 aromatic carbocycles. The molecule has 0 aromatic heterocycles. The van der Waals surface area contributed by atoms with Crippen LogP contribution in [-0.4, -0.2) is 36.0 Å². The van der Waals surface area contributed by atoms with Crippen LogP contribution in [0.1, 0.15) is 25.3 Å². The zero-order chi connectivity index (χ0) is 12.8. The van der Waals surface area contributed by atoms with Gasteiger partial charge in [0.05, 0.1) is 0 Å². The molecule has 1 fully saturated rings. The minimum absolute atomic E-state index is 0.748. The summed E-state index contributed by atoms with van der Waals surface area (Å²) >= 11 is 1.97. The number of likely N-dealkylation sites (tertiary alicyclic amines) is 1. The van der Waals surface area contributed by atoms with E-state index in [1.54, 1.807) is 0 Å². The summed E-state index contributed by atoms with van der Waals surface area (Å²) in [5.41, 5.74) is 1.51. The Morgan fingerprint density at radius 3 is 2.50 bits per heavy atom. The van der Waals surface area contributed by atoms with Crippen LogP contribution in [0.25, 0.3) is 0 Å². The minimum atomic E-state index is 0.748. The summed E-state index contributed by atoms with van der Waals surface area (Å²) in [6.07, 6.45) is 6.21. The molecule has 18 heavy (non-hydrogen) atoms. The molecule has 2 heteroatoms. The first kappa shape index (κ1) is 14.0. The molecule has 1 saturated heterocycles. The molecular weight excluding hydrogens is 238 g/mol. The Kier molecular flexibility index (Phi) is 5.58. The lowest BCUT2D eigenvalue weighted by atomic mass is 9.90. The predicted octanol–water partition coefficient (Wildman–Crippen LogP) is 3.69. The van der Waals surface area contributed by atoms with Crippen LogP contribution in [0.15, 0.2) is 30.3 Å².